The van der Waals surface area contributed by atoms with Gasteiger partial charge in [-0.25, -0.2) is 0 Å². The third-order valence-electron chi connectivity index (χ3n) is 3.40. The van der Waals surface area contributed by atoms with Gasteiger partial charge in [0.15, 0.2) is 0 Å². The minimum atomic E-state index is -0.849. The molecular weight excluding hydrogens is 246 g/mol. The highest BCUT2D eigenvalue weighted by molar-refractivity contribution is 5.77. The van der Waals surface area contributed by atoms with Crippen molar-refractivity contribution in [1.29, 1.82) is 0 Å². The number of aliphatic carboxylic acids is 1. The summed E-state index contributed by atoms with van der Waals surface area (Å²) < 4.78 is 0. The summed E-state index contributed by atoms with van der Waals surface area (Å²) >= 11 is 0. The summed E-state index contributed by atoms with van der Waals surface area (Å²) in [6, 6.07) is 0. The van der Waals surface area contributed by atoms with Gasteiger partial charge in [-0.15, -0.1) is 0 Å². The van der Waals surface area contributed by atoms with Crippen LogP contribution in [0.4, 0.5) is 0 Å². The number of carbonyl (C=O) groups is 2. The molecule has 0 spiro atoms. The van der Waals surface area contributed by atoms with Crippen LogP contribution >= 0.6 is 0 Å². The van der Waals surface area contributed by atoms with Crippen molar-refractivity contribution in [1.82, 2.24) is 15.1 Å². The first-order valence-corrected chi connectivity index (χ1v) is 6.86. The molecule has 0 bridgehead atoms. The van der Waals surface area contributed by atoms with Crippen molar-refractivity contribution in [3.05, 3.63) is 0 Å². The van der Waals surface area contributed by atoms with E-state index in [4.69, 9.17) is 5.11 Å². The van der Waals surface area contributed by atoms with E-state index in [0.717, 1.165) is 32.7 Å². The standard InChI is InChI=1S/C13H25N3O3/c1-11(10-13(18)19)9-12(17)14-3-4-16-7-5-15(2)6-8-16/h11H,3-10H2,1-2H3,(H,14,17)(H,18,19). The number of hydrogen-bond donors (Lipinski definition) is 2. The zero-order valence-electron chi connectivity index (χ0n) is 11.9. The zero-order valence-corrected chi connectivity index (χ0v) is 11.9. The van der Waals surface area contributed by atoms with Gasteiger partial charge in [-0.1, -0.05) is 6.92 Å². The topological polar surface area (TPSA) is 72.9 Å². The second kappa shape index (κ2) is 8.12. The Labute approximate surface area is 114 Å². The number of carboxylic acid groups (broad SMARTS) is 1. The first kappa shape index (κ1) is 15.9. The van der Waals surface area contributed by atoms with Gasteiger partial charge in [0.1, 0.15) is 0 Å². The summed E-state index contributed by atoms with van der Waals surface area (Å²) in [7, 11) is 2.11. The van der Waals surface area contributed by atoms with E-state index < -0.39 is 5.97 Å². The Kier molecular flexibility index (Phi) is 6.80. The molecule has 0 aromatic carbocycles. The van der Waals surface area contributed by atoms with Gasteiger partial charge in [0.25, 0.3) is 0 Å². The Balaban J connectivity index is 2.08. The quantitative estimate of drug-likeness (QED) is 0.674. The van der Waals surface area contributed by atoms with Crippen LogP contribution < -0.4 is 5.32 Å². The van der Waals surface area contributed by atoms with E-state index in [1.165, 1.54) is 0 Å². The fourth-order valence-electron chi connectivity index (χ4n) is 2.18. The van der Waals surface area contributed by atoms with Crippen molar-refractivity contribution in [2.45, 2.75) is 19.8 Å². The van der Waals surface area contributed by atoms with Gasteiger partial charge in [-0.05, 0) is 13.0 Å². The molecule has 2 N–H and O–H groups in total. The molecule has 1 aliphatic heterocycles. The van der Waals surface area contributed by atoms with Crippen molar-refractivity contribution >= 4 is 11.9 Å². The summed E-state index contributed by atoms with van der Waals surface area (Å²) in [5.41, 5.74) is 0. The summed E-state index contributed by atoms with van der Waals surface area (Å²) in [6.45, 7) is 7.53. The molecule has 1 saturated heterocycles. The van der Waals surface area contributed by atoms with Crippen molar-refractivity contribution in [3.8, 4) is 0 Å². The lowest BCUT2D eigenvalue weighted by Crippen LogP contribution is -2.47. The third-order valence-corrected chi connectivity index (χ3v) is 3.40. The zero-order chi connectivity index (χ0) is 14.3. The average molecular weight is 271 g/mol. The minimum Gasteiger partial charge on any atom is -0.481 e. The van der Waals surface area contributed by atoms with Crippen LogP contribution in [0.3, 0.4) is 0 Å². The minimum absolute atomic E-state index is 0.0475. The first-order valence-electron chi connectivity index (χ1n) is 6.86. The van der Waals surface area contributed by atoms with E-state index in [9.17, 15) is 9.59 Å². The highest BCUT2D eigenvalue weighted by atomic mass is 16.4. The number of amides is 1. The van der Waals surface area contributed by atoms with Gasteiger partial charge in [-0.2, -0.15) is 0 Å². The molecule has 1 atom stereocenters. The van der Waals surface area contributed by atoms with Gasteiger partial charge in [0, 0.05) is 52.1 Å². The number of rotatable bonds is 7. The van der Waals surface area contributed by atoms with E-state index in [2.05, 4.69) is 22.2 Å². The van der Waals surface area contributed by atoms with E-state index in [-0.39, 0.29) is 24.7 Å². The molecule has 1 heterocycles. The smallest absolute Gasteiger partial charge is 0.303 e. The number of nitrogens with one attached hydrogen (secondary N) is 1. The second-order valence-corrected chi connectivity index (χ2v) is 5.40. The predicted molar refractivity (Wildman–Crippen MR) is 73.0 cm³/mol. The fourth-order valence-corrected chi connectivity index (χ4v) is 2.18. The molecule has 19 heavy (non-hydrogen) atoms. The number of likely N-dealkylation sites (N-methyl/N-ethyl adjacent to an activating group) is 1. The third kappa shape index (κ3) is 7.12. The normalized spacial score (nSPS) is 19.1. The number of hydrogen-bond acceptors (Lipinski definition) is 4. The molecule has 0 aromatic rings. The number of carbonyl (C=O) groups excluding carboxylic acids is 1. The van der Waals surface area contributed by atoms with Crippen molar-refractivity contribution in [2.24, 2.45) is 5.92 Å². The lowest BCUT2D eigenvalue weighted by Gasteiger charge is -2.32. The Morgan fingerprint density at radius 1 is 1.21 bits per heavy atom. The van der Waals surface area contributed by atoms with Crippen LogP contribution in [-0.2, 0) is 9.59 Å². The van der Waals surface area contributed by atoms with Crippen LogP contribution in [0.5, 0.6) is 0 Å². The first-order chi connectivity index (χ1) is 8.97. The van der Waals surface area contributed by atoms with Crippen LogP contribution in [0.15, 0.2) is 0 Å². The molecule has 6 nitrogen and oxygen atoms in total. The second-order valence-electron chi connectivity index (χ2n) is 5.40. The van der Waals surface area contributed by atoms with Crippen LogP contribution in [0.1, 0.15) is 19.8 Å². The lowest BCUT2D eigenvalue weighted by molar-refractivity contribution is -0.138. The predicted octanol–water partition coefficient (Wildman–Crippen LogP) is -0.149. The van der Waals surface area contributed by atoms with E-state index in [1.54, 1.807) is 6.92 Å². The SMILES string of the molecule is CC(CC(=O)O)CC(=O)NCCN1CCN(C)CC1. The van der Waals surface area contributed by atoms with Gasteiger partial charge >= 0.3 is 5.97 Å². The fraction of sp³-hybridized carbons (Fsp3) is 0.846. The van der Waals surface area contributed by atoms with Crippen molar-refractivity contribution in [3.63, 3.8) is 0 Å². The summed E-state index contributed by atoms with van der Waals surface area (Å²) in [5, 5.41) is 11.5. The van der Waals surface area contributed by atoms with Gasteiger partial charge in [0.2, 0.25) is 5.91 Å². The van der Waals surface area contributed by atoms with Gasteiger partial charge in [-0.3, -0.25) is 14.5 Å². The summed E-state index contributed by atoms with van der Waals surface area (Å²) in [5.74, 6) is -1.01. The Morgan fingerprint density at radius 3 is 2.42 bits per heavy atom. The highest BCUT2D eigenvalue weighted by Gasteiger charge is 2.15. The average Bonchev–Trinajstić information content (AvgIpc) is 2.30. The molecule has 1 fully saturated rings. The van der Waals surface area contributed by atoms with Gasteiger partial charge < -0.3 is 15.3 Å². The Bertz CT molecular complexity index is 302. The largest absolute Gasteiger partial charge is 0.481 e. The van der Waals surface area contributed by atoms with Gasteiger partial charge in [0.05, 0.1) is 0 Å². The van der Waals surface area contributed by atoms with E-state index >= 15 is 0 Å². The van der Waals surface area contributed by atoms with Crippen molar-refractivity contribution in [2.75, 3.05) is 46.3 Å². The highest BCUT2D eigenvalue weighted by Crippen LogP contribution is 2.06. The molecule has 1 unspecified atom stereocenters. The van der Waals surface area contributed by atoms with Crippen LogP contribution in [-0.4, -0.2) is 73.1 Å². The molecule has 0 aliphatic carbocycles. The maximum absolute atomic E-state index is 11.6. The number of carboxylic acids is 1. The molecule has 1 rings (SSSR count). The molecule has 0 aromatic heterocycles. The molecule has 1 amide bonds. The molecule has 0 saturated carbocycles. The Hall–Kier alpha value is -1.14. The van der Waals surface area contributed by atoms with E-state index in [1.807, 2.05) is 0 Å². The summed E-state index contributed by atoms with van der Waals surface area (Å²) in [6.07, 6.45) is 0.334. The molecular formula is C13H25N3O3. The molecule has 110 valence electrons. The van der Waals surface area contributed by atoms with E-state index in [0.29, 0.717) is 6.54 Å². The van der Waals surface area contributed by atoms with Crippen LogP contribution in [0.25, 0.3) is 0 Å². The summed E-state index contributed by atoms with van der Waals surface area (Å²) in [4.78, 5) is 26.7. The monoisotopic (exact) mass is 271 g/mol. The lowest BCUT2D eigenvalue weighted by atomic mass is 10.0. The van der Waals surface area contributed by atoms with Crippen LogP contribution in [0.2, 0.25) is 0 Å². The Morgan fingerprint density at radius 2 is 1.84 bits per heavy atom. The maximum Gasteiger partial charge on any atom is 0.303 e. The molecule has 6 heteroatoms. The maximum atomic E-state index is 11.6. The number of nitrogens with zero attached hydrogens (tertiary/aromatic N) is 2. The van der Waals surface area contributed by atoms with Crippen LogP contribution in [0, 0.1) is 5.92 Å². The number of piperazine rings is 1. The molecule has 0 radical (unpaired) electrons. The molecule has 1 aliphatic rings. The van der Waals surface area contributed by atoms with Crippen molar-refractivity contribution < 1.29 is 14.7 Å².